The summed E-state index contributed by atoms with van der Waals surface area (Å²) in [6.45, 7) is 5.83. The highest BCUT2D eigenvalue weighted by Gasteiger charge is 2.65. The molecule has 9 nitrogen and oxygen atoms in total. The van der Waals surface area contributed by atoms with Gasteiger partial charge in [0.25, 0.3) is 0 Å². The van der Waals surface area contributed by atoms with Crippen LogP contribution in [0.3, 0.4) is 0 Å². The van der Waals surface area contributed by atoms with E-state index in [1.54, 1.807) is 20.8 Å². The molecule has 0 fully saturated rings. The van der Waals surface area contributed by atoms with Gasteiger partial charge >= 0.3 is 26.5 Å². The number of hydrogen-bond acceptors (Lipinski definition) is 8. The van der Waals surface area contributed by atoms with E-state index in [0.29, 0.717) is 5.75 Å². The van der Waals surface area contributed by atoms with Gasteiger partial charge in [0.2, 0.25) is 0 Å². The quantitative estimate of drug-likeness (QED) is 0.412. The predicted molar refractivity (Wildman–Crippen MR) is 109 cm³/mol. The Morgan fingerprint density at radius 2 is 1.59 bits per heavy atom. The van der Waals surface area contributed by atoms with Crippen LogP contribution in [0.25, 0.3) is 0 Å². The molecule has 32 heavy (non-hydrogen) atoms. The number of amides is 1. The molecule has 0 aromatic heterocycles. The molecule has 1 aromatic rings. The van der Waals surface area contributed by atoms with Crippen molar-refractivity contribution in [2.45, 2.75) is 38.2 Å². The average molecular weight is 481 g/mol. The molecule has 13 heteroatoms. The first kappa shape index (κ1) is 26.2. The van der Waals surface area contributed by atoms with Crippen molar-refractivity contribution in [1.29, 1.82) is 0 Å². The maximum Gasteiger partial charge on any atom is 0.442 e. The number of ether oxygens (including phenoxy) is 2. The molecule has 0 saturated heterocycles. The van der Waals surface area contributed by atoms with Crippen molar-refractivity contribution >= 4 is 14.7 Å². The minimum absolute atomic E-state index is 0.0844. The topological polar surface area (TPSA) is 91.2 Å². The second-order valence-electron chi connectivity index (χ2n) is 7.63. The van der Waals surface area contributed by atoms with Gasteiger partial charge in [0.05, 0.1) is 13.2 Å². The third-order valence-corrected chi connectivity index (χ3v) is 5.08. The summed E-state index contributed by atoms with van der Waals surface area (Å²) in [5, 5.41) is 6.33. The summed E-state index contributed by atoms with van der Waals surface area (Å²) in [5.74, 6) is 0.342. The first-order valence-corrected chi connectivity index (χ1v) is 10.7. The number of carbonyl (C=O) groups excluding carboxylic acids is 1. The molecule has 2 rings (SSSR count). The van der Waals surface area contributed by atoms with Gasteiger partial charge in [-0.1, -0.05) is 12.1 Å². The van der Waals surface area contributed by atoms with Crippen LogP contribution >= 0.6 is 8.60 Å². The summed E-state index contributed by atoms with van der Waals surface area (Å²) in [4.78, 5) is 13.9. The minimum atomic E-state index is -4.59. The van der Waals surface area contributed by atoms with E-state index in [-0.39, 0.29) is 31.9 Å². The van der Waals surface area contributed by atoms with Crippen LogP contribution in [0.15, 0.2) is 34.5 Å². The molecule has 180 valence electrons. The number of halogens is 3. The fourth-order valence-corrected chi connectivity index (χ4v) is 3.12. The van der Waals surface area contributed by atoms with Crippen molar-refractivity contribution in [2.75, 3.05) is 40.5 Å². The molecule has 0 aliphatic carbocycles. The highest BCUT2D eigenvalue weighted by Crippen LogP contribution is 2.52. The van der Waals surface area contributed by atoms with Gasteiger partial charge < -0.3 is 27.9 Å². The van der Waals surface area contributed by atoms with Crippen LogP contribution in [0, 0.1) is 0 Å². The molecular weight excluding hydrogens is 454 g/mol. The van der Waals surface area contributed by atoms with Crippen LogP contribution in [0.1, 0.15) is 26.3 Å². The molecule has 0 radical (unpaired) electrons. The number of alkyl halides is 3. The second-order valence-corrected chi connectivity index (χ2v) is 9.07. The van der Waals surface area contributed by atoms with E-state index >= 15 is 0 Å². The van der Waals surface area contributed by atoms with Gasteiger partial charge in [0.15, 0.2) is 0 Å². The largest absolute Gasteiger partial charge is 0.492 e. The highest BCUT2D eigenvalue weighted by atomic mass is 31.2. The molecule has 0 N–H and O–H groups in total. The van der Waals surface area contributed by atoms with Gasteiger partial charge in [-0.25, -0.2) is 4.79 Å². The average Bonchev–Trinajstić information content (AvgIpc) is 3.51. The molecule has 0 unspecified atom stereocenters. The number of hydrogen-bond donors (Lipinski definition) is 0. The Labute approximate surface area is 185 Å². The van der Waals surface area contributed by atoms with E-state index in [2.05, 4.69) is 10.2 Å². The normalized spacial score (nSPS) is 15.0. The molecule has 1 heterocycles. The summed E-state index contributed by atoms with van der Waals surface area (Å²) < 4.78 is 65.6. The fourth-order valence-electron chi connectivity index (χ4n) is 2.53. The van der Waals surface area contributed by atoms with Crippen LogP contribution < -0.4 is 4.74 Å². The molecule has 1 amide bonds. The maximum atomic E-state index is 13.1. The van der Waals surface area contributed by atoms with E-state index < -0.39 is 32.1 Å². The zero-order chi connectivity index (χ0) is 24.0. The predicted octanol–water partition coefficient (Wildman–Crippen LogP) is 5.02. The van der Waals surface area contributed by atoms with Gasteiger partial charge in [-0.2, -0.15) is 13.2 Å². The van der Waals surface area contributed by atoms with Crippen LogP contribution in [0.5, 0.6) is 5.75 Å². The Morgan fingerprint density at radius 1 is 1.03 bits per heavy atom. The Bertz CT molecular complexity index is 776. The van der Waals surface area contributed by atoms with Gasteiger partial charge in [-0.05, 0) is 32.9 Å². The third-order valence-electron chi connectivity index (χ3n) is 4.09. The smallest absolute Gasteiger partial charge is 0.442 e. The third kappa shape index (κ3) is 7.26. The zero-order valence-corrected chi connectivity index (χ0v) is 19.4. The molecule has 0 bridgehead atoms. The Hall–Kier alpha value is -2.01. The molecular formula is C19H27F3N3O6P. The Morgan fingerprint density at radius 3 is 2.06 bits per heavy atom. The van der Waals surface area contributed by atoms with E-state index in [0.717, 1.165) is 0 Å². The lowest BCUT2D eigenvalue weighted by Gasteiger charge is -2.27. The summed E-state index contributed by atoms with van der Waals surface area (Å²) in [7, 11) is 1.39. The van der Waals surface area contributed by atoms with Crippen LogP contribution in [-0.2, 0) is 24.0 Å². The summed E-state index contributed by atoms with van der Waals surface area (Å²) in [6, 6.07) is 5.33. The summed E-state index contributed by atoms with van der Waals surface area (Å²) in [5.41, 5.74) is -3.24. The molecule has 0 saturated carbocycles. The maximum absolute atomic E-state index is 13.1. The number of nitrogens with zero attached hydrogens (tertiary/aromatic N) is 3. The van der Waals surface area contributed by atoms with Gasteiger partial charge in [0, 0.05) is 26.3 Å². The van der Waals surface area contributed by atoms with E-state index in [9.17, 15) is 18.0 Å². The van der Waals surface area contributed by atoms with E-state index in [1.165, 1.54) is 43.4 Å². The number of carbonyl (C=O) groups is 1. The Kier molecular flexibility index (Phi) is 8.81. The van der Waals surface area contributed by atoms with Crippen LogP contribution in [0.4, 0.5) is 18.0 Å². The highest BCUT2D eigenvalue weighted by molar-refractivity contribution is 7.41. The summed E-state index contributed by atoms with van der Waals surface area (Å²) in [6.07, 6.45) is -5.14. The summed E-state index contributed by atoms with van der Waals surface area (Å²) >= 11 is 0. The number of rotatable bonds is 11. The zero-order valence-electron chi connectivity index (χ0n) is 18.5. The second kappa shape index (κ2) is 10.7. The van der Waals surface area contributed by atoms with Crippen molar-refractivity contribution < 1.29 is 41.0 Å². The van der Waals surface area contributed by atoms with Crippen molar-refractivity contribution in [1.82, 2.24) is 4.90 Å². The molecule has 1 aliphatic rings. The van der Waals surface area contributed by atoms with Gasteiger partial charge in [-0.3, -0.25) is 0 Å². The van der Waals surface area contributed by atoms with Gasteiger partial charge in [0.1, 0.15) is 18.0 Å². The van der Waals surface area contributed by atoms with Crippen LogP contribution in [-0.4, -0.2) is 63.3 Å². The monoisotopic (exact) mass is 481 g/mol. The number of benzene rings is 1. The van der Waals surface area contributed by atoms with E-state index in [1.807, 2.05) is 0 Å². The molecule has 0 spiro atoms. The first-order valence-electron chi connectivity index (χ1n) is 9.65. The molecule has 0 atom stereocenters. The van der Waals surface area contributed by atoms with E-state index in [4.69, 9.17) is 23.0 Å². The van der Waals surface area contributed by atoms with Crippen LogP contribution in [0.2, 0.25) is 0 Å². The molecule has 1 aliphatic heterocycles. The van der Waals surface area contributed by atoms with Crippen molar-refractivity contribution in [3.8, 4) is 5.75 Å². The lowest BCUT2D eigenvalue weighted by atomic mass is 10.0. The lowest BCUT2D eigenvalue weighted by Crippen LogP contribution is -2.40. The standard InChI is InChI=1S/C19H27F3N3O6P/c1-17(2,3)31-16(26)25(11-13-30-32(27-4)28-5)10-12-29-15-8-6-14(7-9-15)18(23-24-18)19(20,21)22/h6-9H,10-13H2,1-5H3. The minimum Gasteiger partial charge on any atom is -0.492 e. The van der Waals surface area contributed by atoms with Crippen molar-refractivity contribution in [3.05, 3.63) is 29.8 Å². The first-order chi connectivity index (χ1) is 14.9. The Balaban J connectivity index is 1.91. The SMILES string of the molecule is COP(OC)OCCN(CCOc1ccc(C2(C(F)(F)F)N=N2)cc1)C(=O)OC(C)(C)C. The van der Waals surface area contributed by atoms with Crippen molar-refractivity contribution in [2.24, 2.45) is 10.2 Å². The fraction of sp³-hybridized carbons (Fsp3) is 0.632. The molecule has 1 aromatic carbocycles. The lowest BCUT2D eigenvalue weighted by molar-refractivity contribution is -0.166. The van der Waals surface area contributed by atoms with Gasteiger partial charge in [-0.15, -0.1) is 10.2 Å². The van der Waals surface area contributed by atoms with Crippen molar-refractivity contribution in [3.63, 3.8) is 0 Å².